The SMILES string of the molecule is COC(=O)N[C@@H](Cc1ccc(OCc2ccccc2)cc1)C(O)N1CCC[C@H]1c1ncc(-c2ccc(I)cc2)[nH]1. The van der Waals surface area contributed by atoms with E-state index in [1.54, 1.807) is 0 Å². The number of aromatic nitrogens is 2. The third-order valence-electron chi connectivity index (χ3n) is 7.18. The predicted molar refractivity (Wildman–Crippen MR) is 162 cm³/mol. The molecule has 0 saturated carbocycles. The van der Waals surface area contributed by atoms with E-state index in [0.29, 0.717) is 19.6 Å². The highest BCUT2D eigenvalue weighted by Crippen LogP contribution is 2.34. The number of rotatable bonds is 10. The summed E-state index contributed by atoms with van der Waals surface area (Å²) >= 11 is 2.29. The molecule has 2 heterocycles. The summed E-state index contributed by atoms with van der Waals surface area (Å²) in [6.45, 7) is 1.18. The number of H-pyrrole nitrogens is 1. The van der Waals surface area contributed by atoms with E-state index < -0.39 is 18.4 Å². The average Bonchev–Trinajstić information content (AvgIpc) is 3.67. The lowest BCUT2D eigenvalue weighted by atomic mass is 10.0. The Balaban J connectivity index is 1.28. The fourth-order valence-electron chi connectivity index (χ4n) is 5.07. The van der Waals surface area contributed by atoms with Crippen molar-refractivity contribution in [3.8, 4) is 17.0 Å². The fourth-order valence-corrected chi connectivity index (χ4v) is 5.43. The summed E-state index contributed by atoms with van der Waals surface area (Å²) < 4.78 is 12.0. The normalized spacial score (nSPS) is 16.8. The van der Waals surface area contributed by atoms with Gasteiger partial charge in [-0.15, -0.1) is 0 Å². The molecule has 9 heteroatoms. The van der Waals surface area contributed by atoms with Crippen LogP contribution in [0.3, 0.4) is 0 Å². The maximum Gasteiger partial charge on any atom is 0.407 e. The molecule has 3 atom stereocenters. The standard InChI is InChI=1S/C31H33IN4O4/c1-39-31(38)35-26(18-21-9-15-25(16-10-21)40-20-22-6-3-2-4-7-22)30(37)36-17-5-8-28(36)29-33-19-27(34-29)23-11-13-24(32)14-12-23/h2-4,6-7,9-16,19,26,28,30,37H,5,8,17-18,20H2,1H3,(H,33,34)(H,35,38)/t26-,28-,30?/m0/s1. The van der Waals surface area contributed by atoms with Crippen molar-refractivity contribution in [1.82, 2.24) is 20.2 Å². The first-order chi connectivity index (χ1) is 19.5. The van der Waals surface area contributed by atoms with Gasteiger partial charge in [0.2, 0.25) is 0 Å². The predicted octanol–water partition coefficient (Wildman–Crippen LogP) is 5.68. The van der Waals surface area contributed by atoms with Crippen LogP contribution in [0.4, 0.5) is 4.79 Å². The lowest BCUT2D eigenvalue weighted by Crippen LogP contribution is -2.52. The number of carbonyl (C=O) groups excluding carboxylic acids is 1. The van der Waals surface area contributed by atoms with Gasteiger partial charge in [0.05, 0.1) is 31.1 Å². The Kier molecular flexibility index (Phi) is 9.35. The molecule has 3 aromatic carbocycles. The van der Waals surface area contributed by atoms with E-state index in [-0.39, 0.29) is 6.04 Å². The fraction of sp³-hybridized carbons (Fsp3) is 0.290. The number of aliphatic hydroxyl groups excluding tert-OH is 1. The summed E-state index contributed by atoms with van der Waals surface area (Å²) in [4.78, 5) is 22.4. The summed E-state index contributed by atoms with van der Waals surface area (Å²) in [6.07, 6.45) is 2.51. The Morgan fingerprint density at radius 2 is 1.85 bits per heavy atom. The minimum Gasteiger partial charge on any atom is -0.489 e. The molecule has 4 aromatic rings. The topological polar surface area (TPSA) is 99.7 Å². The van der Waals surface area contributed by atoms with E-state index in [4.69, 9.17) is 9.47 Å². The molecule has 1 aromatic heterocycles. The number of likely N-dealkylation sites (tertiary alicyclic amines) is 1. The molecule has 1 unspecified atom stereocenters. The highest BCUT2D eigenvalue weighted by Gasteiger charge is 2.37. The third kappa shape index (κ3) is 7.01. The van der Waals surface area contributed by atoms with E-state index in [1.807, 2.05) is 65.7 Å². The molecule has 208 valence electrons. The average molecular weight is 653 g/mol. The molecule has 0 bridgehead atoms. The van der Waals surface area contributed by atoms with Crippen LogP contribution < -0.4 is 10.1 Å². The van der Waals surface area contributed by atoms with Gasteiger partial charge in [0.15, 0.2) is 0 Å². The molecule has 1 aliphatic rings. The summed E-state index contributed by atoms with van der Waals surface area (Å²) in [6, 6.07) is 25.3. The van der Waals surface area contributed by atoms with Gasteiger partial charge in [0, 0.05) is 10.1 Å². The quantitative estimate of drug-likeness (QED) is 0.191. The first-order valence-electron chi connectivity index (χ1n) is 13.3. The van der Waals surface area contributed by atoms with Crippen LogP contribution in [0.15, 0.2) is 85.1 Å². The van der Waals surface area contributed by atoms with E-state index >= 15 is 0 Å². The van der Waals surface area contributed by atoms with Crippen LogP contribution in [-0.2, 0) is 17.8 Å². The lowest BCUT2D eigenvalue weighted by Gasteiger charge is -2.34. The van der Waals surface area contributed by atoms with E-state index in [1.165, 1.54) is 10.7 Å². The Morgan fingerprint density at radius 3 is 2.58 bits per heavy atom. The van der Waals surface area contributed by atoms with Gasteiger partial charge in [0.1, 0.15) is 24.4 Å². The molecule has 1 fully saturated rings. The van der Waals surface area contributed by atoms with Gasteiger partial charge in [-0.05, 0) is 82.8 Å². The number of carbonyl (C=O) groups is 1. The molecule has 0 spiro atoms. The van der Waals surface area contributed by atoms with Crippen molar-refractivity contribution in [2.45, 2.75) is 44.2 Å². The van der Waals surface area contributed by atoms with Crippen molar-refractivity contribution < 1.29 is 19.4 Å². The maximum atomic E-state index is 12.2. The number of imidazole rings is 1. The molecule has 8 nitrogen and oxygen atoms in total. The Hall–Kier alpha value is -3.41. The monoisotopic (exact) mass is 652 g/mol. The van der Waals surface area contributed by atoms with E-state index in [9.17, 15) is 9.90 Å². The molecular formula is C31H33IN4O4. The maximum absolute atomic E-state index is 12.2. The van der Waals surface area contributed by atoms with Crippen molar-refractivity contribution in [3.05, 3.63) is 106 Å². The van der Waals surface area contributed by atoms with Crippen LogP contribution in [0.5, 0.6) is 5.75 Å². The van der Waals surface area contributed by atoms with Gasteiger partial charge >= 0.3 is 6.09 Å². The number of amides is 1. The van der Waals surface area contributed by atoms with Crippen molar-refractivity contribution in [2.24, 2.45) is 0 Å². The van der Waals surface area contributed by atoms with Crippen LogP contribution in [0.25, 0.3) is 11.3 Å². The zero-order valence-electron chi connectivity index (χ0n) is 22.3. The van der Waals surface area contributed by atoms with E-state index in [0.717, 1.165) is 46.8 Å². The molecule has 1 saturated heterocycles. The molecule has 1 amide bonds. The molecule has 5 rings (SSSR count). The second kappa shape index (κ2) is 13.3. The molecular weight excluding hydrogens is 619 g/mol. The molecule has 0 radical (unpaired) electrons. The second-order valence-corrected chi connectivity index (χ2v) is 11.1. The van der Waals surface area contributed by atoms with Crippen molar-refractivity contribution in [3.63, 3.8) is 0 Å². The van der Waals surface area contributed by atoms with E-state index in [2.05, 4.69) is 62.1 Å². The van der Waals surface area contributed by atoms with Gasteiger partial charge in [-0.2, -0.15) is 0 Å². The van der Waals surface area contributed by atoms with Gasteiger partial charge < -0.3 is 24.9 Å². The Labute approximate surface area is 247 Å². The Morgan fingerprint density at radius 1 is 1.10 bits per heavy atom. The highest BCUT2D eigenvalue weighted by molar-refractivity contribution is 14.1. The third-order valence-corrected chi connectivity index (χ3v) is 7.90. The Bertz CT molecular complexity index is 1380. The summed E-state index contributed by atoms with van der Waals surface area (Å²) in [5.41, 5.74) is 4.05. The molecule has 3 N–H and O–H groups in total. The van der Waals surface area contributed by atoms with Crippen molar-refractivity contribution >= 4 is 28.7 Å². The number of methoxy groups -OCH3 is 1. The number of aliphatic hydroxyl groups is 1. The van der Waals surface area contributed by atoms with Crippen molar-refractivity contribution in [2.75, 3.05) is 13.7 Å². The number of halogens is 1. The minimum atomic E-state index is -0.938. The molecule has 1 aliphatic heterocycles. The number of benzene rings is 3. The highest BCUT2D eigenvalue weighted by atomic mass is 127. The zero-order chi connectivity index (χ0) is 27.9. The van der Waals surface area contributed by atoms with Gasteiger partial charge in [-0.1, -0.05) is 54.6 Å². The number of aromatic amines is 1. The minimum absolute atomic E-state index is 0.0942. The van der Waals surface area contributed by atoms with Gasteiger partial charge in [0.25, 0.3) is 0 Å². The zero-order valence-corrected chi connectivity index (χ0v) is 24.5. The first kappa shape index (κ1) is 28.1. The first-order valence-corrected chi connectivity index (χ1v) is 14.4. The summed E-state index contributed by atoms with van der Waals surface area (Å²) in [7, 11) is 1.32. The number of nitrogens with one attached hydrogen (secondary N) is 2. The van der Waals surface area contributed by atoms with Crippen LogP contribution >= 0.6 is 22.6 Å². The number of hydrogen-bond donors (Lipinski definition) is 3. The van der Waals surface area contributed by atoms with Crippen molar-refractivity contribution in [1.29, 1.82) is 0 Å². The summed E-state index contributed by atoms with van der Waals surface area (Å²) in [5, 5.41) is 14.4. The molecule has 0 aliphatic carbocycles. The second-order valence-electron chi connectivity index (χ2n) is 9.86. The smallest absolute Gasteiger partial charge is 0.407 e. The number of nitrogens with zero attached hydrogens (tertiary/aromatic N) is 2. The summed E-state index contributed by atoms with van der Waals surface area (Å²) in [5.74, 6) is 1.56. The van der Waals surface area contributed by atoms with Gasteiger partial charge in [-0.3, -0.25) is 4.90 Å². The van der Waals surface area contributed by atoms with Crippen LogP contribution in [-0.4, -0.2) is 52.0 Å². The number of alkyl carbamates (subject to hydrolysis) is 1. The van der Waals surface area contributed by atoms with Crippen LogP contribution in [0.2, 0.25) is 0 Å². The molecule has 40 heavy (non-hydrogen) atoms. The largest absolute Gasteiger partial charge is 0.489 e. The van der Waals surface area contributed by atoms with Crippen LogP contribution in [0.1, 0.15) is 35.8 Å². The number of ether oxygens (including phenoxy) is 2. The van der Waals surface area contributed by atoms with Gasteiger partial charge in [-0.25, -0.2) is 9.78 Å². The number of hydrogen-bond acceptors (Lipinski definition) is 6. The lowest BCUT2D eigenvalue weighted by molar-refractivity contribution is -0.0334. The van der Waals surface area contributed by atoms with Crippen LogP contribution in [0, 0.1) is 3.57 Å².